The van der Waals surface area contributed by atoms with E-state index in [0.29, 0.717) is 29.8 Å². The molecule has 3 heterocycles. The second-order valence-corrected chi connectivity index (χ2v) is 8.18. The number of benzene rings is 2. The number of ether oxygens (including phenoxy) is 1. The summed E-state index contributed by atoms with van der Waals surface area (Å²) in [6.07, 6.45) is 2.02. The van der Waals surface area contributed by atoms with Crippen LogP contribution in [-0.4, -0.2) is 22.7 Å². The molecular formula is C24H19N3O3S. The lowest BCUT2D eigenvalue weighted by Gasteiger charge is -2.08. The SMILES string of the molecule is O=C(Nc1ccc2cc(-c3c[nH]c4ccccc34)c(=O)[nH]c2c1)OCCc1cccs1. The number of rotatable bonds is 5. The van der Waals surface area contributed by atoms with Crippen molar-refractivity contribution in [2.45, 2.75) is 6.42 Å². The third kappa shape index (κ3) is 3.95. The predicted molar refractivity (Wildman–Crippen MR) is 125 cm³/mol. The Morgan fingerprint density at radius 3 is 2.77 bits per heavy atom. The van der Waals surface area contributed by atoms with Gasteiger partial charge in [-0.05, 0) is 41.1 Å². The van der Waals surface area contributed by atoms with Crippen molar-refractivity contribution >= 4 is 44.9 Å². The smallest absolute Gasteiger partial charge is 0.411 e. The van der Waals surface area contributed by atoms with Gasteiger partial charge in [0.2, 0.25) is 0 Å². The zero-order valence-electron chi connectivity index (χ0n) is 16.5. The first-order valence-electron chi connectivity index (χ1n) is 9.87. The van der Waals surface area contributed by atoms with Crippen LogP contribution in [0.3, 0.4) is 0 Å². The van der Waals surface area contributed by atoms with Crippen LogP contribution in [0, 0.1) is 0 Å². The molecule has 0 unspecified atom stereocenters. The van der Waals surface area contributed by atoms with Gasteiger partial charge in [-0.15, -0.1) is 11.3 Å². The van der Waals surface area contributed by atoms with Gasteiger partial charge in [0.15, 0.2) is 0 Å². The lowest BCUT2D eigenvalue weighted by molar-refractivity contribution is 0.163. The average Bonchev–Trinajstić information content (AvgIpc) is 3.43. The van der Waals surface area contributed by atoms with E-state index in [1.165, 1.54) is 4.88 Å². The van der Waals surface area contributed by atoms with Crippen LogP contribution in [0.2, 0.25) is 0 Å². The van der Waals surface area contributed by atoms with Gasteiger partial charge in [0.25, 0.3) is 5.56 Å². The Bertz CT molecular complexity index is 1430. The first-order valence-corrected chi connectivity index (χ1v) is 10.7. The molecule has 154 valence electrons. The molecule has 0 fully saturated rings. The van der Waals surface area contributed by atoms with Crippen molar-refractivity contribution in [3.63, 3.8) is 0 Å². The zero-order valence-corrected chi connectivity index (χ0v) is 17.3. The van der Waals surface area contributed by atoms with Crippen LogP contribution in [-0.2, 0) is 11.2 Å². The maximum atomic E-state index is 12.8. The normalized spacial score (nSPS) is 11.1. The summed E-state index contributed by atoms with van der Waals surface area (Å²) in [7, 11) is 0. The number of pyridine rings is 1. The highest BCUT2D eigenvalue weighted by molar-refractivity contribution is 7.09. The van der Waals surface area contributed by atoms with Crippen molar-refractivity contribution in [2.75, 3.05) is 11.9 Å². The number of nitrogens with one attached hydrogen (secondary N) is 3. The number of carbonyl (C=O) groups excluding carboxylic acids is 1. The summed E-state index contributed by atoms with van der Waals surface area (Å²) in [5, 5.41) is 6.58. The van der Waals surface area contributed by atoms with Gasteiger partial charge in [0.05, 0.1) is 12.1 Å². The summed E-state index contributed by atoms with van der Waals surface area (Å²) in [5.74, 6) is 0. The summed E-state index contributed by atoms with van der Waals surface area (Å²) < 4.78 is 5.25. The van der Waals surface area contributed by atoms with Gasteiger partial charge >= 0.3 is 6.09 Å². The predicted octanol–water partition coefficient (Wildman–Crippen LogP) is 5.53. The van der Waals surface area contributed by atoms with Crippen LogP contribution in [0.15, 0.2) is 77.0 Å². The Morgan fingerprint density at radius 2 is 1.90 bits per heavy atom. The topological polar surface area (TPSA) is 87.0 Å². The molecule has 0 radical (unpaired) electrons. The molecule has 0 atom stereocenters. The highest BCUT2D eigenvalue weighted by atomic mass is 32.1. The number of para-hydroxylation sites is 1. The van der Waals surface area contributed by atoms with Crippen molar-refractivity contribution < 1.29 is 9.53 Å². The molecule has 5 rings (SSSR count). The van der Waals surface area contributed by atoms with Crippen LogP contribution in [0.5, 0.6) is 0 Å². The first-order chi connectivity index (χ1) is 15.2. The van der Waals surface area contributed by atoms with Gasteiger partial charge in [0.1, 0.15) is 0 Å². The Morgan fingerprint density at radius 1 is 1.00 bits per heavy atom. The van der Waals surface area contributed by atoms with Gasteiger partial charge in [-0.3, -0.25) is 10.1 Å². The second kappa shape index (κ2) is 8.12. The molecule has 5 aromatic rings. The molecular weight excluding hydrogens is 410 g/mol. The fourth-order valence-corrected chi connectivity index (χ4v) is 4.32. The number of H-pyrrole nitrogens is 2. The molecule has 3 N–H and O–H groups in total. The minimum Gasteiger partial charge on any atom is -0.449 e. The molecule has 0 spiro atoms. The number of anilines is 1. The van der Waals surface area contributed by atoms with Crippen molar-refractivity contribution in [2.24, 2.45) is 0 Å². The Labute approximate surface area is 181 Å². The Balaban J connectivity index is 1.35. The van der Waals surface area contributed by atoms with E-state index >= 15 is 0 Å². The van der Waals surface area contributed by atoms with Crippen molar-refractivity contribution in [1.29, 1.82) is 0 Å². The summed E-state index contributed by atoms with van der Waals surface area (Å²) in [6, 6.07) is 19.1. The second-order valence-electron chi connectivity index (χ2n) is 7.15. The average molecular weight is 430 g/mol. The van der Waals surface area contributed by atoms with Crippen molar-refractivity contribution in [3.05, 3.63) is 87.5 Å². The number of hydrogen-bond donors (Lipinski definition) is 3. The molecule has 0 aliphatic heterocycles. The standard InChI is InChI=1S/C24H19N3O3S/c28-23-19(20-14-25-21-6-2-1-5-18(20)21)12-15-7-8-16(13-22(15)27-23)26-24(29)30-10-9-17-4-3-11-31-17/h1-8,11-14,25H,9-10H2,(H,26,29)(H,27,28). The third-order valence-corrected chi connectivity index (χ3v) is 6.07. The van der Waals surface area contributed by atoms with Gasteiger partial charge in [-0.25, -0.2) is 4.79 Å². The Hall–Kier alpha value is -3.84. The lowest BCUT2D eigenvalue weighted by atomic mass is 10.0. The highest BCUT2D eigenvalue weighted by Gasteiger charge is 2.11. The van der Waals surface area contributed by atoms with Crippen molar-refractivity contribution in [3.8, 4) is 11.1 Å². The molecule has 0 saturated heterocycles. The van der Waals surface area contributed by atoms with E-state index in [-0.39, 0.29) is 5.56 Å². The number of hydrogen-bond acceptors (Lipinski definition) is 4. The van der Waals surface area contributed by atoms with Gasteiger partial charge in [-0.1, -0.05) is 30.3 Å². The van der Waals surface area contributed by atoms with Crippen LogP contribution in [0.1, 0.15) is 4.88 Å². The van der Waals surface area contributed by atoms with Crippen LogP contribution >= 0.6 is 11.3 Å². The van der Waals surface area contributed by atoms with E-state index < -0.39 is 6.09 Å². The van der Waals surface area contributed by atoms with Gasteiger partial charge in [-0.2, -0.15) is 0 Å². The lowest BCUT2D eigenvalue weighted by Crippen LogP contribution is -2.15. The molecule has 31 heavy (non-hydrogen) atoms. The monoisotopic (exact) mass is 429 g/mol. The molecule has 0 bridgehead atoms. The molecule has 3 aromatic heterocycles. The molecule has 0 saturated carbocycles. The number of aromatic amines is 2. The summed E-state index contributed by atoms with van der Waals surface area (Å²) in [5.41, 5.74) is 3.45. The molecule has 0 aliphatic rings. The fraction of sp³-hybridized carbons (Fsp3) is 0.0833. The quantitative estimate of drug-likeness (QED) is 0.343. The van der Waals surface area contributed by atoms with Crippen LogP contribution in [0.25, 0.3) is 32.9 Å². The number of amides is 1. The fourth-order valence-electron chi connectivity index (χ4n) is 3.63. The van der Waals surface area contributed by atoms with Gasteiger partial charge in [0, 0.05) is 45.2 Å². The van der Waals surface area contributed by atoms with E-state index in [1.807, 2.05) is 60.1 Å². The molecule has 7 heteroatoms. The maximum absolute atomic E-state index is 12.8. The van der Waals surface area contributed by atoms with E-state index in [0.717, 1.165) is 21.9 Å². The van der Waals surface area contributed by atoms with Crippen LogP contribution in [0.4, 0.5) is 10.5 Å². The maximum Gasteiger partial charge on any atom is 0.411 e. The Kier molecular flexibility index (Phi) is 5.01. The van der Waals surface area contributed by atoms with E-state index in [4.69, 9.17) is 4.74 Å². The summed E-state index contributed by atoms with van der Waals surface area (Å²) in [6.45, 7) is 0.310. The number of aromatic nitrogens is 2. The number of thiophene rings is 1. The number of fused-ring (bicyclic) bond motifs is 2. The minimum absolute atomic E-state index is 0.187. The van der Waals surface area contributed by atoms with Crippen LogP contribution < -0.4 is 10.9 Å². The largest absolute Gasteiger partial charge is 0.449 e. The minimum atomic E-state index is -0.520. The summed E-state index contributed by atoms with van der Waals surface area (Å²) in [4.78, 5) is 32.2. The van der Waals surface area contributed by atoms with E-state index in [9.17, 15) is 9.59 Å². The number of carbonyl (C=O) groups is 1. The molecule has 6 nitrogen and oxygen atoms in total. The molecule has 0 aliphatic carbocycles. The van der Waals surface area contributed by atoms with E-state index in [2.05, 4.69) is 15.3 Å². The first kappa shape index (κ1) is 19.1. The van der Waals surface area contributed by atoms with Gasteiger partial charge < -0.3 is 14.7 Å². The highest BCUT2D eigenvalue weighted by Crippen LogP contribution is 2.28. The van der Waals surface area contributed by atoms with Crippen molar-refractivity contribution in [1.82, 2.24) is 9.97 Å². The summed E-state index contributed by atoms with van der Waals surface area (Å²) >= 11 is 1.63. The third-order valence-electron chi connectivity index (χ3n) is 5.13. The van der Waals surface area contributed by atoms with E-state index in [1.54, 1.807) is 23.5 Å². The zero-order chi connectivity index (χ0) is 21.2. The molecule has 2 aromatic carbocycles. The molecule has 1 amide bonds.